The van der Waals surface area contributed by atoms with Crippen LogP contribution in [0.1, 0.15) is 199 Å². The van der Waals surface area contributed by atoms with Gasteiger partial charge in [-0.2, -0.15) is 0 Å². The number of likely N-dealkylation sites (tertiary alicyclic amines) is 1. The number of nitrogens with one attached hydrogen (secondary N) is 15. The average molecular weight is 1820 g/mol. The second kappa shape index (κ2) is 54.4. The van der Waals surface area contributed by atoms with E-state index in [1.807, 2.05) is 34.6 Å². The number of hydrogen-bond acceptors (Lipinski definition) is 28. The van der Waals surface area contributed by atoms with E-state index in [0.29, 0.717) is 29.8 Å². The van der Waals surface area contributed by atoms with Crippen molar-refractivity contribution in [1.82, 2.24) is 84.7 Å². The first-order valence-corrected chi connectivity index (χ1v) is 42.5. The lowest BCUT2D eigenvalue weighted by Gasteiger charge is -2.38. The first kappa shape index (κ1) is 112. The van der Waals surface area contributed by atoms with Crippen LogP contribution in [0.4, 0.5) is 0 Å². The number of hydrogen-bond donors (Lipinski definition) is 25. The minimum Gasteiger partial charge on any atom is -0.508 e. The van der Waals surface area contributed by atoms with E-state index in [-0.39, 0.29) is 88.8 Å². The number of aliphatic carboxylic acids is 1. The maximum atomic E-state index is 14.8. The van der Waals surface area contributed by atoms with Gasteiger partial charge in [0.1, 0.15) is 78.3 Å². The van der Waals surface area contributed by atoms with Gasteiger partial charge < -0.3 is 138 Å². The van der Waals surface area contributed by atoms with Crippen LogP contribution in [0.2, 0.25) is 0 Å². The molecule has 1 aromatic rings. The van der Waals surface area contributed by atoms with Crippen LogP contribution in [0.25, 0.3) is 0 Å². The number of carboxylic acids is 1. The van der Waals surface area contributed by atoms with Gasteiger partial charge in [-0.25, -0.2) is 0 Å². The Kier molecular flexibility index (Phi) is 47.7. The Bertz CT molecular complexity index is 4000. The highest BCUT2D eigenvalue weighted by atomic mass is 16.4. The van der Waals surface area contributed by atoms with Crippen LogP contribution in [-0.4, -0.2) is 289 Å². The molecule has 46 heteroatoms. The molecular weight excluding hydrogens is 1680 g/mol. The topological polar surface area (TPSA) is 741 Å². The number of oxime groups is 2. The molecule has 1 aliphatic rings. The van der Waals surface area contributed by atoms with Gasteiger partial charge in [0.15, 0.2) is 0 Å². The van der Waals surface area contributed by atoms with Gasteiger partial charge in [-0.15, -0.1) is 0 Å². The first-order valence-electron chi connectivity index (χ1n) is 42.5. The van der Waals surface area contributed by atoms with Crippen LogP contribution in [-0.2, 0) is 92.7 Å². The van der Waals surface area contributed by atoms with E-state index in [4.69, 9.17) is 22.9 Å². The van der Waals surface area contributed by atoms with E-state index in [2.05, 4.69) is 90.1 Å². The molecule has 2 rings (SSSR count). The van der Waals surface area contributed by atoms with E-state index in [0.717, 1.165) is 18.7 Å². The average Bonchev–Trinajstić information content (AvgIpc) is 1.50. The Balaban J connectivity index is 2.49. The lowest BCUT2D eigenvalue weighted by molar-refractivity contribution is -0.143. The Labute approximate surface area is 744 Å². The fourth-order valence-corrected chi connectivity index (χ4v) is 13.1. The standard InChI is InChI=1S/C82H138N22O24/c1-42(2)33-55(72(119)92-51(19-16-17-31-83)68(115)87-37-64(112)88-39-82(15,40-89-80(11,12)46(8)102-127)41-90-81(13,14)47(9)103-128)96-73(120)56(34-43(3)4)98-78(125)67(45(7)106)101-75(122)57(35-49-21-23-50(108)24-22-49)97-76(123)60-20-18-32-104(60)79(126)59(38-105)99-77(124)66(44(5)6)100-71(118)53(26-29-62(85)110)93-70(117)54(27-30-65(113)114)94-69(116)52(25-28-61(84)109)95-74(121)58(36-63(86)111)91-48(10)107/h21-24,42-45,51-60,66-67,89-90,105-106,108,127-128H,16-20,25-41,83H2,1-15H3,(H2,84,109)(H2,85,110)(H2,86,111)(H,87,115)(H,88,112)(H,91,107)(H,92,119)(H,93,117)(H,94,116)(H,95,121)(H,96,120)(H,97,123)(H,98,125)(H,99,124)(H,100,118)(H,101,122)(H,113,114)/b102-46+,103-47+/t45-,51+,52+,53+,54+,55+,56+,57+,58+,59+,60+,66+,67+/m1/s1. The number of carbonyl (C=O) groups is 18. The highest BCUT2D eigenvalue weighted by Gasteiger charge is 2.43. The van der Waals surface area contributed by atoms with Crippen LogP contribution in [0.15, 0.2) is 34.6 Å². The number of rotatable bonds is 59. The Morgan fingerprint density at radius 2 is 0.914 bits per heavy atom. The minimum absolute atomic E-state index is 0.00328. The molecule has 17 amide bonds. The molecule has 0 unspecified atom stereocenters. The summed E-state index contributed by atoms with van der Waals surface area (Å²) in [4.78, 5) is 246. The largest absolute Gasteiger partial charge is 0.508 e. The van der Waals surface area contributed by atoms with E-state index >= 15 is 0 Å². The number of nitrogens with zero attached hydrogens (tertiary/aromatic N) is 3. The molecule has 13 atom stereocenters. The van der Waals surface area contributed by atoms with Gasteiger partial charge in [-0.1, -0.05) is 70.9 Å². The molecule has 0 aromatic heterocycles. The maximum Gasteiger partial charge on any atom is 0.303 e. The molecule has 0 bridgehead atoms. The summed E-state index contributed by atoms with van der Waals surface area (Å²) in [6.07, 6.45) is -5.83. The SMILES string of the molecule is CC(=O)N[C@@H](CC(N)=O)C(=O)N[C@@H](CCC(N)=O)C(=O)N[C@@H](CCC(=O)O)C(=O)N[C@@H](CCC(N)=O)C(=O)N[C@H](C(=O)N[C@@H](CO)C(=O)N1CCC[C@H]1C(=O)N[C@@H](Cc1ccc(O)cc1)C(=O)N[C@H](C(=O)N[C@@H](CC(C)C)C(=O)N[C@@H](CC(C)C)C(=O)N[C@@H](CCCCN)C(=O)NCC(=O)NCC(C)(CNC(C)(C)/C(C)=N/O)CNC(C)(C)/C(C)=N/O)[C@@H](C)O)C(C)C. The quantitative estimate of drug-likeness (QED) is 0.0125. The van der Waals surface area contributed by atoms with E-state index < -0.39 is 266 Å². The van der Waals surface area contributed by atoms with Crippen molar-refractivity contribution in [1.29, 1.82) is 0 Å². The summed E-state index contributed by atoms with van der Waals surface area (Å²) in [5.41, 5.74) is 20.6. The lowest BCUT2D eigenvalue weighted by Crippen LogP contribution is -2.62. The summed E-state index contributed by atoms with van der Waals surface area (Å²) in [5.74, 6) is -20.2. The van der Waals surface area contributed by atoms with Gasteiger partial charge in [0.05, 0.1) is 48.2 Å². The molecular formula is C82H138N22O24. The summed E-state index contributed by atoms with van der Waals surface area (Å²) < 4.78 is 0. The van der Waals surface area contributed by atoms with Crippen LogP contribution in [0, 0.1) is 23.2 Å². The number of nitrogens with two attached hydrogens (primary N) is 4. The molecule has 0 spiro atoms. The first-order chi connectivity index (χ1) is 59.6. The molecule has 46 nitrogen and oxygen atoms in total. The number of benzene rings is 1. The van der Waals surface area contributed by atoms with Crippen molar-refractivity contribution in [3.8, 4) is 5.75 Å². The fourth-order valence-electron chi connectivity index (χ4n) is 13.1. The number of carbonyl (C=O) groups excluding carboxylic acids is 17. The Morgan fingerprint density at radius 1 is 0.492 bits per heavy atom. The zero-order valence-electron chi connectivity index (χ0n) is 75.8. The maximum absolute atomic E-state index is 14.8. The Hall–Kier alpha value is -11.8. The molecule has 720 valence electrons. The van der Waals surface area contributed by atoms with Crippen LogP contribution >= 0.6 is 0 Å². The summed E-state index contributed by atoms with van der Waals surface area (Å²) in [5, 5.41) is 107. The third kappa shape index (κ3) is 40.0. The molecule has 1 aliphatic heterocycles. The number of aromatic hydroxyl groups is 1. The van der Waals surface area contributed by atoms with Crippen molar-refractivity contribution in [2.24, 2.45) is 56.4 Å². The van der Waals surface area contributed by atoms with E-state index in [1.54, 1.807) is 41.5 Å². The second-order valence-corrected chi connectivity index (χ2v) is 34.7. The van der Waals surface area contributed by atoms with Crippen molar-refractivity contribution in [3.63, 3.8) is 0 Å². The van der Waals surface area contributed by atoms with Gasteiger partial charge in [-0.05, 0) is 155 Å². The predicted octanol–water partition coefficient (Wildman–Crippen LogP) is -5.52. The molecule has 0 aliphatic carbocycles. The van der Waals surface area contributed by atoms with E-state index in [9.17, 15) is 117 Å². The molecule has 1 aromatic carbocycles. The smallest absolute Gasteiger partial charge is 0.303 e. The van der Waals surface area contributed by atoms with Crippen LogP contribution in [0.5, 0.6) is 5.75 Å². The molecule has 128 heavy (non-hydrogen) atoms. The van der Waals surface area contributed by atoms with Crippen LogP contribution in [0.3, 0.4) is 0 Å². The minimum atomic E-state index is -1.88. The Morgan fingerprint density at radius 3 is 1.34 bits per heavy atom. The zero-order chi connectivity index (χ0) is 97.4. The zero-order valence-corrected chi connectivity index (χ0v) is 75.8. The molecule has 0 saturated carbocycles. The highest BCUT2D eigenvalue weighted by Crippen LogP contribution is 2.23. The van der Waals surface area contributed by atoms with Gasteiger partial charge in [0.2, 0.25) is 100 Å². The molecule has 29 N–H and O–H groups in total. The number of carboxylic acid groups (broad SMARTS) is 1. The van der Waals surface area contributed by atoms with Gasteiger partial charge >= 0.3 is 5.97 Å². The number of phenolic OH excluding ortho intramolecular Hbond substituents is 1. The van der Waals surface area contributed by atoms with Gasteiger partial charge in [0.25, 0.3) is 0 Å². The molecule has 1 heterocycles. The summed E-state index contributed by atoms with van der Waals surface area (Å²) >= 11 is 0. The van der Waals surface area contributed by atoms with E-state index in [1.165, 1.54) is 38.1 Å². The fraction of sp³-hybridized carbons (Fsp3) is 0.683. The predicted molar refractivity (Wildman–Crippen MR) is 464 cm³/mol. The summed E-state index contributed by atoms with van der Waals surface area (Å²) in [6, 6.07) is -14.3. The number of phenols is 1. The monoisotopic (exact) mass is 1820 g/mol. The van der Waals surface area contributed by atoms with Crippen molar-refractivity contribution < 1.29 is 117 Å². The van der Waals surface area contributed by atoms with Crippen molar-refractivity contribution in [2.75, 3.05) is 45.9 Å². The molecule has 0 radical (unpaired) electrons. The van der Waals surface area contributed by atoms with Crippen molar-refractivity contribution in [3.05, 3.63) is 29.8 Å². The number of primary amides is 3. The number of aliphatic hydroxyl groups is 2. The second-order valence-electron chi connectivity index (χ2n) is 34.7. The summed E-state index contributed by atoms with van der Waals surface area (Å²) in [7, 11) is 0. The highest BCUT2D eigenvalue weighted by molar-refractivity contribution is 6.01. The van der Waals surface area contributed by atoms with Gasteiger partial charge in [0, 0.05) is 64.2 Å². The van der Waals surface area contributed by atoms with Crippen LogP contribution < -0.4 is 103 Å². The normalized spacial score (nSPS) is 16.0. The van der Waals surface area contributed by atoms with Gasteiger partial charge in [-0.3, -0.25) is 86.3 Å². The van der Waals surface area contributed by atoms with Crippen molar-refractivity contribution >= 4 is 118 Å². The summed E-state index contributed by atoms with van der Waals surface area (Å²) in [6.45, 7) is 23.5. The number of unbranched alkanes of at least 4 members (excludes halogenated alkanes) is 1. The number of aliphatic hydroxyl groups excluding tert-OH is 2. The third-order valence-electron chi connectivity index (χ3n) is 21.4. The number of amides is 17. The molecule has 1 saturated heterocycles. The third-order valence-corrected chi connectivity index (χ3v) is 21.4. The lowest BCUT2D eigenvalue weighted by atomic mass is 9.86. The molecule has 1 fully saturated rings. The van der Waals surface area contributed by atoms with Crippen molar-refractivity contribution in [2.45, 2.75) is 290 Å².